The summed E-state index contributed by atoms with van der Waals surface area (Å²) in [6.45, 7) is 2.16. The number of hydroxylamine groups is 1. The molecule has 2 N–H and O–H groups in total. The van der Waals surface area contributed by atoms with E-state index in [4.69, 9.17) is 14.3 Å². The van der Waals surface area contributed by atoms with Crippen LogP contribution in [-0.4, -0.2) is 97.5 Å². The van der Waals surface area contributed by atoms with Gasteiger partial charge in [0.2, 0.25) is 10.0 Å². The Morgan fingerprint density at radius 3 is 2.67 bits per heavy atom. The molecule has 2 aliphatic heterocycles. The zero-order chi connectivity index (χ0) is 32.0. The number of H-pyrrole nitrogens is 1. The van der Waals surface area contributed by atoms with Crippen LogP contribution in [0.4, 0.5) is 0 Å². The van der Waals surface area contributed by atoms with Gasteiger partial charge in [0.15, 0.2) is 6.29 Å². The van der Waals surface area contributed by atoms with Crippen molar-refractivity contribution in [3.8, 4) is 16.2 Å². The van der Waals surface area contributed by atoms with E-state index >= 15 is 0 Å². The van der Waals surface area contributed by atoms with Gasteiger partial charge in [-0.25, -0.2) is 32.1 Å². The average Bonchev–Trinajstić information content (AvgIpc) is 3.74. The van der Waals surface area contributed by atoms with Crippen molar-refractivity contribution in [2.75, 3.05) is 38.6 Å². The van der Waals surface area contributed by atoms with E-state index in [-0.39, 0.29) is 36.0 Å². The predicted octanol–water partition coefficient (Wildman–Crippen LogP) is 2.66. The summed E-state index contributed by atoms with van der Waals surface area (Å²) in [6.07, 6.45) is 5.13. The fourth-order valence-electron chi connectivity index (χ4n) is 5.14. The molecule has 0 aliphatic carbocycles. The number of thiol groups is 1. The molecule has 5 rings (SSSR count). The lowest BCUT2D eigenvalue weighted by molar-refractivity contribution is -0.202. The lowest BCUT2D eigenvalue weighted by atomic mass is 10.2. The fourth-order valence-corrected chi connectivity index (χ4v) is 10.4. The van der Waals surface area contributed by atoms with Crippen LogP contribution in [0.1, 0.15) is 32.0 Å². The number of carbonyl (C=O) groups excluding carboxylic acids is 1. The number of nitrogens with zero attached hydrogens (tertiary/aromatic N) is 3. The summed E-state index contributed by atoms with van der Waals surface area (Å²) >= 11 is 5.52. The Hall–Kier alpha value is -2.51. The summed E-state index contributed by atoms with van der Waals surface area (Å²) in [7, 11) is -8.12. The van der Waals surface area contributed by atoms with E-state index in [1.807, 2.05) is 31.2 Å². The minimum atomic E-state index is -4.20. The highest BCUT2D eigenvalue weighted by atomic mass is 32.2. The molecule has 1 amide bonds. The largest absolute Gasteiger partial charge is 0.494 e. The highest BCUT2D eigenvalue weighted by Gasteiger charge is 2.44. The molecule has 246 valence electrons. The van der Waals surface area contributed by atoms with E-state index in [1.165, 1.54) is 6.07 Å². The summed E-state index contributed by atoms with van der Waals surface area (Å²) in [4.78, 5) is 26.7. The molecule has 2 fully saturated rings. The number of nitrogens with one attached hydrogen (secondary N) is 2. The number of hydrogen-bond acceptors (Lipinski definition) is 11. The number of rotatable bonds is 13. The molecule has 3 aromatic rings. The molecule has 3 atom stereocenters. The Morgan fingerprint density at radius 2 is 1.98 bits per heavy atom. The normalized spacial score (nSPS) is 20.9. The second-order valence-corrected chi connectivity index (χ2v) is 16.6. The highest BCUT2D eigenvalue weighted by molar-refractivity contribution is 7.91. The number of carbonyl (C=O) groups is 1. The SMILES string of the molecule is CCOc1ccc(-c2ccc(S(=O)(=O)N3CCN(S(=O)(=O)CC(S)Cc4ncc[nH]4)C[C@@H]3C(=O)NOC3CCCCO3)s2)cc1. The van der Waals surface area contributed by atoms with Crippen LogP contribution in [-0.2, 0) is 40.8 Å². The average molecular weight is 700 g/mol. The number of benzene rings is 1. The van der Waals surface area contributed by atoms with Crippen molar-refractivity contribution in [1.29, 1.82) is 0 Å². The van der Waals surface area contributed by atoms with Gasteiger partial charge in [-0.2, -0.15) is 21.2 Å². The summed E-state index contributed by atoms with van der Waals surface area (Å²) in [5.74, 6) is 0.203. The Balaban J connectivity index is 1.34. The van der Waals surface area contributed by atoms with Gasteiger partial charge in [-0.05, 0) is 61.7 Å². The minimum absolute atomic E-state index is 0.0332. The number of hydrogen-bond donors (Lipinski definition) is 3. The molecule has 0 radical (unpaired) electrons. The highest BCUT2D eigenvalue weighted by Crippen LogP contribution is 2.34. The molecule has 0 spiro atoms. The van der Waals surface area contributed by atoms with E-state index < -0.39 is 43.5 Å². The van der Waals surface area contributed by atoms with E-state index in [1.54, 1.807) is 18.5 Å². The number of piperazine rings is 1. The second-order valence-electron chi connectivity index (χ2n) is 10.6. The van der Waals surface area contributed by atoms with Gasteiger partial charge in [0, 0.05) is 61.6 Å². The van der Waals surface area contributed by atoms with Crippen LogP contribution in [0.25, 0.3) is 10.4 Å². The van der Waals surface area contributed by atoms with E-state index in [0.29, 0.717) is 36.1 Å². The number of ether oxygens (including phenoxy) is 2. The third-order valence-corrected chi connectivity index (χ3v) is 13.5. The van der Waals surface area contributed by atoms with Crippen molar-refractivity contribution in [3.05, 3.63) is 54.6 Å². The Bertz CT molecular complexity index is 1620. The van der Waals surface area contributed by atoms with Crippen LogP contribution in [0.5, 0.6) is 5.75 Å². The van der Waals surface area contributed by atoms with Crippen LogP contribution in [0, 0.1) is 0 Å². The predicted molar refractivity (Wildman–Crippen MR) is 172 cm³/mol. The van der Waals surface area contributed by atoms with Crippen molar-refractivity contribution in [1.82, 2.24) is 24.1 Å². The number of aromatic amines is 1. The molecule has 17 heteroatoms. The van der Waals surface area contributed by atoms with Gasteiger partial charge < -0.3 is 14.5 Å². The summed E-state index contributed by atoms with van der Waals surface area (Å²) in [5.41, 5.74) is 3.15. The lowest BCUT2D eigenvalue weighted by Crippen LogP contribution is -2.61. The van der Waals surface area contributed by atoms with Gasteiger partial charge in [-0.15, -0.1) is 11.3 Å². The molecule has 1 aromatic carbocycles. The number of amides is 1. The van der Waals surface area contributed by atoms with Crippen molar-refractivity contribution in [2.45, 2.75) is 54.4 Å². The van der Waals surface area contributed by atoms with Crippen LogP contribution in [0.2, 0.25) is 0 Å². The zero-order valence-corrected chi connectivity index (χ0v) is 28.0. The molecule has 2 saturated heterocycles. The Labute approximate surface area is 272 Å². The van der Waals surface area contributed by atoms with Crippen molar-refractivity contribution >= 4 is 49.9 Å². The molecular formula is C28H37N5O8S4. The quantitative estimate of drug-likeness (QED) is 0.180. The standard InChI is InChI=1S/C28H37N5O8S4/c1-2-39-21-8-6-20(7-9-21)24-10-11-27(43-24)45(37,38)33-15-14-32(44(35,36)19-22(42)17-25-29-12-13-30-25)18-23(33)28(34)31-41-26-5-3-4-16-40-26/h6-13,22-23,26,42H,2-5,14-19H2,1H3,(H,29,30)(H,31,34)/t22?,23-,26?/m1/s1. The van der Waals surface area contributed by atoms with Gasteiger partial charge in [-0.1, -0.05) is 0 Å². The van der Waals surface area contributed by atoms with Gasteiger partial charge in [0.05, 0.1) is 12.4 Å². The summed E-state index contributed by atoms with van der Waals surface area (Å²) in [6, 6.07) is 9.13. The third-order valence-electron chi connectivity index (χ3n) is 7.40. The molecule has 4 heterocycles. The number of aromatic nitrogens is 2. The molecule has 0 bridgehead atoms. The van der Waals surface area contributed by atoms with Crippen LogP contribution in [0.3, 0.4) is 0 Å². The Kier molecular flexibility index (Phi) is 11.2. The second kappa shape index (κ2) is 14.9. The third kappa shape index (κ3) is 8.45. The van der Waals surface area contributed by atoms with Gasteiger partial charge >= 0.3 is 0 Å². The van der Waals surface area contributed by atoms with Crippen LogP contribution < -0.4 is 10.2 Å². The van der Waals surface area contributed by atoms with Crippen molar-refractivity contribution in [3.63, 3.8) is 0 Å². The zero-order valence-electron chi connectivity index (χ0n) is 24.7. The fraction of sp³-hybridized carbons (Fsp3) is 0.500. The van der Waals surface area contributed by atoms with Gasteiger partial charge in [0.1, 0.15) is 21.8 Å². The first-order valence-corrected chi connectivity index (χ1v) is 19.0. The van der Waals surface area contributed by atoms with Crippen molar-refractivity contribution in [2.24, 2.45) is 0 Å². The number of thiophene rings is 1. The molecule has 45 heavy (non-hydrogen) atoms. The van der Waals surface area contributed by atoms with Crippen LogP contribution in [0.15, 0.2) is 53.0 Å². The topological polar surface area (TPSA) is 160 Å². The molecular weight excluding hydrogens is 663 g/mol. The summed E-state index contributed by atoms with van der Waals surface area (Å²) < 4.78 is 68.1. The molecule has 2 unspecified atom stereocenters. The molecule has 2 aliphatic rings. The smallest absolute Gasteiger partial charge is 0.263 e. The maximum atomic E-state index is 14.0. The number of imidazole rings is 1. The first kappa shape index (κ1) is 33.8. The molecule has 13 nitrogen and oxygen atoms in total. The lowest BCUT2D eigenvalue weighted by Gasteiger charge is -2.39. The van der Waals surface area contributed by atoms with Crippen LogP contribution >= 0.6 is 24.0 Å². The van der Waals surface area contributed by atoms with E-state index in [2.05, 4.69) is 28.1 Å². The first-order chi connectivity index (χ1) is 21.6. The molecule has 0 saturated carbocycles. The first-order valence-electron chi connectivity index (χ1n) is 14.6. The van der Waals surface area contributed by atoms with Gasteiger partial charge in [0.25, 0.3) is 15.9 Å². The minimum Gasteiger partial charge on any atom is -0.494 e. The van der Waals surface area contributed by atoms with Crippen molar-refractivity contribution < 1.29 is 35.9 Å². The number of sulfonamides is 2. The van der Waals surface area contributed by atoms with E-state index in [0.717, 1.165) is 38.4 Å². The molecule has 2 aromatic heterocycles. The van der Waals surface area contributed by atoms with E-state index in [9.17, 15) is 21.6 Å². The monoisotopic (exact) mass is 699 g/mol. The summed E-state index contributed by atoms with van der Waals surface area (Å²) in [5, 5.41) is -0.575. The van der Waals surface area contributed by atoms with Gasteiger partial charge in [-0.3, -0.25) is 4.79 Å². The Morgan fingerprint density at radius 1 is 1.18 bits per heavy atom. The maximum Gasteiger partial charge on any atom is 0.263 e. The maximum absolute atomic E-state index is 14.0.